The van der Waals surface area contributed by atoms with Crippen molar-refractivity contribution in [2.24, 2.45) is 11.3 Å². The van der Waals surface area contributed by atoms with Gasteiger partial charge in [0, 0.05) is 32.4 Å². The van der Waals surface area contributed by atoms with Crippen LogP contribution in [0.2, 0.25) is 0 Å². The second-order valence-corrected chi connectivity index (χ2v) is 9.63. The van der Waals surface area contributed by atoms with Gasteiger partial charge in [0.05, 0.1) is 7.11 Å². The van der Waals surface area contributed by atoms with E-state index in [1.807, 2.05) is 13.0 Å². The molecule has 1 aliphatic carbocycles. The maximum atomic E-state index is 11.9. The topological polar surface area (TPSA) is 88.1 Å². The quantitative estimate of drug-likeness (QED) is 0.236. The van der Waals surface area contributed by atoms with E-state index >= 15 is 0 Å². The zero-order valence-electron chi connectivity index (χ0n) is 22.0. The van der Waals surface area contributed by atoms with E-state index in [9.17, 15) is 14.4 Å². The zero-order valence-corrected chi connectivity index (χ0v) is 22.0. The first kappa shape index (κ1) is 28.1. The summed E-state index contributed by atoms with van der Waals surface area (Å²) in [6, 6.07) is 1.37. The van der Waals surface area contributed by atoms with Gasteiger partial charge in [-0.05, 0) is 50.4 Å². The number of carbonyl (C=O) groups is 3. The summed E-state index contributed by atoms with van der Waals surface area (Å²) in [7, 11) is 1.41. The van der Waals surface area contributed by atoms with E-state index in [0.717, 1.165) is 24.8 Å². The summed E-state index contributed by atoms with van der Waals surface area (Å²) in [4.78, 5) is 35.4. The molecule has 0 spiro atoms. The third kappa shape index (κ3) is 7.44. The SMILES string of the molecule is C=C1[C@H](C)CCC[C@]1(C)CC/C(C)=C\Cc1c(OC(C)=O)c(OC)cc(OC(C)=O)c1OC(C)=O. The molecule has 1 aromatic carbocycles. The molecule has 2 atom stereocenters. The predicted molar refractivity (Wildman–Crippen MR) is 134 cm³/mol. The van der Waals surface area contributed by atoms with Crippen LogP contribution in [0, 0.1) is 11.3 Å². The highest BCUT2D eigenvalue weighted by molar-refractivity contribution is 5.78. The van der Waals surface area contributed by atoms with Gasteiger partial charge in [0.2, 0.25) is 0 Å². The lowest BCUT2D eigenvalue weighted by molar-refractivity contribution is -0.134. The maximum absolute atomic E-state index is 11.9. The Kier molecular flexibility index (Phi) is 9.69. The second kappa shape index (κ2) is 12.0. The number of benzene rings is 1. The highest BCUT2D eigenvalue weighted by Gasteiger charge is 2.33. The monoisotopic (exact) mass is 486 g/mol. The summed E-state index contributed by atoms with van der Waals surface area (Å²) in [5.74, 6) is -0.863. The van der Waals surface area contributed by atoms with Crippen LogP contribution in [0.4, 0.5) is 0 Å². The van der Waals surface area contributed by atoms with Crippen molar-refractivity contribution < 1.29 is 33.3 Å². The largest absolute Gasteiger partial charge is 0.493 e. The molecule has 1 saturated carbocycles. The number of allylic oxidation sites excluding steroid dienone is 3. The Balaban J connectivity index is 2.43. The molecule has 0 aromatic heterocycles. The average molecular weight is 487 g/mol. The van der Waals surface area contributed by atoms with E-state index in [-0.39, 0.29) is 34.8 Å². The molecule has 0 saturated heterocycles. The molecule has 0 aliphatic heterocycles. The minimum atomic E-state index is -0.600. The molecule has 0 unspecified atom stereocenters. The molecule has 7 heteroatoms. The van der Waals surface area contributed by atoms with Gasteiger partial charge in [0.1, 0.15) is 0 Å². The smallest absolute Gasteiger partial charge is 0.308 e. The fourth-order valence-electron chi connectivity index (χ4n) is 4.59. The number of methoxy groups -OCH3 is 1. The summed E-state index contributed by atoms with van der Waals surface area (Å²) >= 11 is 0. The molecule has 1 aromatic rings. The lowest BCUT2D eigenvalue weighted by atomic mass is 9.65. The number of carbonyl (C=O) groups excluding carboxylic acids is 3. The third-order valence-electron chi connectivity index (χ3n) is 6.68. The van der Waals surface area contributed by atoms with Crippen molar-refractivity contribution >= 4 is 17.9 Å². The molecule has 7 nitrogen and oxygen atoms in total. The second-order valence-electron chi connectivity index (χ2n) is 9.63. The Morgan fingerprint density at radius 3 is 2.14 bits per heavy atom. The summed E-state index contributed by atoms with van der Waals surface area (Å²) in [6.45, 7) is 14.7. The van der Waals surface area contributed by atoms with Crippen molar-refractivity contribution in [1.82, 2.24) is 0 Å². The molecule has 0 amide bonds. The van der Waals surface area contributed by atoms with Gasteiger partial charge in [0.25, 0.3) is 0 Å². The van der Waals surface area contributed by atoms with Crippen molar-refractivity contribution in [3.05, 3.63) is 35.4 Å². The van der Waals surface area contributed by atoms with Crippen molar-refractivity contribution in [3.63, 3.8) is 0 Å². The molecule has 1 fully saturated rings. The number of hydrogen-bond donors (Lipinski definition) is 0. The Morgan fingerprint density at radius 2 is 1.60 bits per heavy atom. The third-order valence-corrected chi connectivity index (χ3v) is 6.68. The van der Waals surface area contributed by atoms with E-state index in [1.54, 1.807) is 0 Å². The molecular formula is C28H38O7. The Hall–Kier alpha value is -3.09. The normalized spacial score (nSPS) is 20.3. The molecule has 192 valence electrons. The molecule has 35 heavy (non-hydrogen) atoms. The summed E-state index contributed by atoms with van der Waals surface area (Å²) in [6.07, 6.45) is 7.68. The molecular weight excluding hydrogens is 448 g/mol. The van der Waals surface area contributed by atoms with Crippen LogP contribution < -0.4 is 18.9 Å². The number of ether oxygens (including phenoxy) is 4. The van der Waals surface area contributed by atoms with Crippen LogP contribution in [-0.4, -0.2) is 25.0 Å². The van der Waals surface area contributed by atoms with Gasteiger partial charge < -0.3 is 18.9 Å². The van der Waals surface area contributed by atoms with Gasteiger partial charge >= 0.3 is 17.9 Å². The first-order valence-electron chi connectivity index (χ1n) is 12.0. The fourth-order valence-corrected chi connectivity index (χ4v) is 4.59. The standard InChI is InChI=1S/C28H38O7/c1-17(13-15-28(7)14-9-10-18(2)19(28)3)11-12-23-26(34-21(5)30)24(32-8)16-25(33-20(4)29)27(23)35-22(6)31/h11,16,18H,3,9-10,12-15H2,1-2,4-8H3/b17-11-/t18-,28-/m1/s1. The summed E-state index contributed by atoms with van der Waals surface area (Å²) < 4.78 is 21.6. The Labute approximate surface area is 208 Å². The van der Waals surface area contributed by atoms with E-state index in [4.69, 9.17) is 18.9 Å². The van der Waals surface area contributed by atoms with Crippen LogP contribution in [0.25, 0.3) is 0 Å². The van der Waals surface area contributed by atoms with E-state index in [2.05, 4.69) is 20.4 Å². The van der Waals surface area contributed by atoms with E-state index < -0.39 is 17.9 Å². The Morgan fingerprint density at radius 1 is 1.03 bits per heavy atom. The molecule has 0 heterocycles. The van der Waals surface area contributed by atoms with Gasteiger partial charge in [-0.25, -0.2) is 0 Å². The maximum Gasteiger partial charge on any atom is 0.308 e. The van der Waals surface area contributed by atoms with Gasteiger partial charge in [-0.3, -0.25) is 14.4 Å². The number of rotatable bonds is 9. The van der Waals surface area contributed by atoms with E-state index in [0.29, 0.717) is 11.5 Å². The van der Waals surface area contributed by atoms with Crippen LogP contribution in [0.1, 0.15) is 79.2 Å². The van der Waals surface area contributed by atoms with Gasteiger partial charge in [-0.15, -0.1) is 0 Å². The average Bonchev–Trinajstić information content (AvgIpc) is 2.76. The van der Waals surface area contributed by atoms with Crippen molar-refractivity contribution in [2.75, 3.05) is 7.11 Å². The first-order chi connectivity index (χ1) is 16.4. The lowest BCUT2D eigenvalue weighted by Gasteiger charge is -2.40. The Bertz CT molecular complexity index is 1020. The zero-order chi connectivity index (χ0) is 26.3. The van der Waals surface area contributed by atoms with Crippen LogP contribution in [0.15, 0.2) is 29.9 Å². The van der Waals surface area contributed by atoms with Gasteiger partial charge in [-0.1, -0.05) is 44.1 Å². The lowest BCUT2D eigenvalue weighted by Crippen LogP contribution is -2.27. The highest BCUT2D eigenvalue weighted by Crippen LogP contribution is 2.47. The predicted octanol–water partition coefficient (Wildman–Crippen LogP) is 6.12. The molecule has 0 radical (unpaired) electrons. The van der Waals surface area contributed by atoms with Crippen LogP contribution in [0.5, 0.6) is 23.0 Å². The minimum Gasteiger partial charge on any atom is -0.493 e. The van der Waals surface area contributed by atoms with Crippen molar-refractivity contribution in [3.8, 4) is 23.0 Å². The molecule has 2 rings (SSSR count). The highest BCUT2D eigenvalue weighted by atomic mass is 16.6. The number of hydrogen-bond acceptors (Lipinski definition) is 7. The molecule has 1 aliphatic rings. The first-order valence-corrected chi connectivity index (χ1v) is 12.0. The fraction of sp³-hybridized carbons (Fsp3) is 0.536. The van der Waals surface area contributed by atoms with Gasteiger partial charge in [-0.2, -0.15) is 0 Å². The van der Waals surface area contributed by atoms with Crippen LogP contribution in [-0.2, 0) is 20.8 Å². The molecule has 0 bridgehead atoms. The van der Waals surface area contributed by atoms with Crippen LogP contribution in [0.3, 0.4) is 0 Å². The van der Waals surface area contributed by atoms with Gasteiger partial charge in [0.15, 0.2) is 23.0 Å². The van der Waals surface area contributed by atoms with Crippen molar-refractivity contribution in [2.45, 2.75) is 80.1 Å². The van der Waals surface area contributed by atoms with Crippen LogP contribution >= 0.6 is 0 Å². The summed E-state index contributed by atoms with van der Waals surface area (Å²) in [5.41, 5.74) is 2.95. The molecule has 0 N–H and O–H groups in total. The minimum absolute atomic E-state index is 0.0153. The van der Waals surface area contributed by atoms with Crippen molar-refractivity contribution in [1.29, 1.82) is 0 Å². The summed E-state index contributed by atoms with van der Waals surface area (Å²) in [5, 5.41) is 0. The number of esters is 3. The van der Waals surface area contributed by atoms with E-state index in [1.165, 1.54) is 52.4 Å².